The minimum atomic E-state index is -0.693. The van der Waals surface area contributed by atoms with Crippen LogP contribution in [0.1, 0.15) is 17.2 Å². The lowest BCUT2D eigenvalue weighted by atomic mass is 9.99. The van der Waals surface area contributed by atoms with Crippen molar-refractivity contribution in [2.75, 3.05) is 0 Å². The summed E-state index contributed by atoms with van der Waals surface area (Å²) >= 11 is 3.13. The van der Waals surface area contributed by atoms with Gasteiger partial charge in [-0.1, -0.05) is 30.3 Å². The molecule has 4 heteroatoms. The molecule has 0 spiro atoms. The van der Waals surface area contributed by atoms with Crippen LogP contribution in [0.3, 0.4) is 0 Å². The molecule has 2 N–H and O–H groups in total. The van der Waals surface area contributed by atoms with Gasteiger partial charge in [0.1, 0.15) is 11.6 Å². The Morgan fingerprint density at radius 2 is 1.47 bits per heavy atom. The van der Waals surface area contributed by atoms with Gasteiger partial charge in [0.15, 0.2) is 0 Å². The average molecular weight is 298 g/mol. The summed E-state index contributed by atoms with van der Waals surface area (Å²) < 4.78 is 27.2. The molecule has 0 heterocycles. The number of benzene rings is 2. The SMILES string of the molecule is NC(c1ccccc1F)c1cccc(F)c1Br. The highest BCUT2D eigenvalue weighted by Crippen LogP contribution is 2.29. The summed E-state index contributed by atoms with van der Waals surface area (Å²) in [5, 5.41) is 0. The first-order valence-corrected chi connectivity index (χ1v) is 5.84. The van der Waals surface area contributed by atoms with Crippen LogP contribution >= 0.6 is 15.9 Å². The molecule has 0 aliphatic heterocycles. The molecule has 2 aromatic carbocycles. The minimum Gasteiger partial charge on any atom is -0.320 e. The number of rotatable bonds is 2. The lowest BCUT2D eigenvalue weighted by Crippen LogP contribution is -2.14. The Bertz CT molecular complexity index is 543. The fourth-order valence-corrected chi connectivity index (χ4v) is 2.17. The van der Waals surface area contributed by atoms with Crippen molar-refractivity contribution in [3.8, 4) is 0 Å². The highest BCUT2D eigenvalue weighted by atomic mass is 79.9. The second-order valence-corrected chi connectivity index (χ2v) is 4.44. The predicted octanol–water partition coefficient (Wildman–Crippen LogP) is 3.78. The Kier molecular flexibility index (Phi) is 3.54. The molecule has 17 heavy (non-hydrogen) atoms. The Morgan fingerprint density at radius 3 is 2.18 bits per heavy atom. The Morgan fingerprint density at radius 1 is 0.882 bits per heavy atom. The van der Waals surface area contributed by atoms with E-state index in [0.29, 0.717) is 11.1 Å². The van der Waals surface area contributed by atoms with Crippen LogP contribution in [-0.2, 0) is 0 Å². The first kappa shape index (κ1) is 12.2. The summed E-state index contributed by atoms with van der Waals surface area (Å²) in [6.45, 7) is 0. The van der Waals surface area contributed by atoms with Gasteiger partial charge in [-0.15, -0.1) is 0 Å². The van der Waals surface area contributed by atoms with Crippen molar-refractivity contribution in [3.05, 3.63) is 69.7 Å². The molecule has 0 aliphatic rings. The van der Waals surface area contributed by atoms with Crippen LogP contribution in [0.5, 0.6) is 0 Å². The maximum Gasteiger partial charge on any atom is 0.137 e. The first-order chi connectivity index (χ1) is 8.11. The molecule has 1 nitrogen and oxygen atoms in total. The third-order valence-corrected chi connectivity index (χ3v) is 3.39. The second-order valence-electron chi connectivity index (χ2n) is 3.64. The van der Waals surface area contributed by atoms with Gasteiger partial charge in [-0.25, -0.2) is 8.78 Å². The Labute approximate surface area is 106 Å². The van der Waals surface area contributed by atoms with E-state index < -0.39 is 17.7 Å². The smallest absolute Gasteiger partial charge is 0.137 e. The van der Waals surface area contributed by atoms with E-state index >= 15 is 0 Å². The summed E-state index contributed by atoms with van der Waals surface area (Å²) in [5.74, 6) is -0.801. The van der Waals surface area contributed by atoms with Crippen molar-refractivity contribution >= 4 is 15.9 Å². The van der Waals surface area contributed by atoms with Crippen molar-refractivity contribution in [2.24, 2.45) is 5.73 Å². The topological polar surface area (TPSA) is 26.0 Å². The van der Waals surface area contributed by atoms with Crippen molar-refractivity contribution < 1.29 is 8.78 Å². The molecule has 1 atom stereocenters. The number of halogens is 3. The van der Waals surface area contributed by atoms with E-state index in [0.717, 1.165) is 0 Å². The maximum absolute atomic E-state index is 13.6. The molecule has 88 valence electrons. The average Bonchev–Trinajstić information content (AvgIpc) is 2.32. The summed E-state index contributed by atoms with van der Waals surface area (Å²) in [5.41, 5.74) is 6.82. The van der Waals surface area contributed by atoms with Crippen LogP contribution in [0.15, 0.2) is 46.9 Å². The van der Waals surface area contributed by atoms with E-state index in [1.54, 1.807) is 30.3 Å². The molecule has 0 radical (unpaired) electrons. The van der Waals surface area contributed by atoms with Gasteiger partial charge < -0.3 is 5.73 Å². The summed E-state index contributed by atoms with van der Waals surface area (Å²) in [6, 6.07) is 10.1. The minimum absolute atomic E-state index is 0.274. The Balaban J connectivity index is 2.48. The van der Waals surface area contributed by atoms with Gasteiger partial charge in [0, 0.05) is 5.56 Å². The van der Waals surface area contributed by atoms with Crippen molar-refractivity contribution in [3.63, 3.8) is 0 Å². The van der Waals surface area contributed by atoms with Crippen LogP contribution < -0.4 is 5.73 Å². The molecule has 0 aromatic heterocycles. The van der Waals surface area contributed by atoms with E-state index in [4.69, 9.17) is 5.73 Å². The number of hydrogen-bond donors (Lipinski definition) is 1. The zero-order chi connectivity index (χ0) is 12.4. The first-order valence-electron chi connectivity index (χ1n) is 5.05. The standard InChI is InChI=1S/C13H10BrF2N/c14-12-9(5-3-7-11(12)16)13(17)8-4-1-2-6-10(8)15/h1-7,13H,17H2. The van der Waals surface area contributed by atoms with Gasteiger partial charge in [-0.3, -0.25) is 0 Å². The molecule has 0 amide bonds. The quantitative estimate of drug-likeness (QED) is 0.897. The largest absolute Gasteiger partial charge is 0.320 e. The van der Waals surface area contributed by atoms with E-state index in [2.05, 4.69) is 15.9 Å². The fraction of sp³-hybridized carbons (Fsp3) is 0.0769. The van der Waals surface area contributed by atoms with Gasteiger partial charge in [-0.2, -0.15) is 0 Å². The second kappa shape index (κ2) is 4.94. The van der Waals surface area contributed by atoms with E-state index in [1.807, 2.05) is 0 Å². The van der Waals surface area contributed by atoms with Crippen molar-refractivity contribution in [1.29, 1.82) is 0 Å². The normalized spacial score (nSPS) is 12.5. The highest BCUT2D eigenvalue weighted by Gasteiger charge is 2.17. The zero-order valence-corrected chi connectivity index (χ0v) is 10.4. The van der Waals surface area contributed by atoms with E-state index in [-0.39, 0.29) is 4.47 Å². The molecule has 0 fully saturated rings. The van der Waals surface area contributed by atoms with Gasteiger partial charge in [-0.05, 0) is 33.6 Å². The summed E-state index contributed by atoms with van der Waals surface area (Å²) in [7, 11) is 0. The summed E-state index contributed by atoms with van der Waals surface area (Å²) in [6.07, 6.45) is 0. The fourth-order valence-electron chi connectivity index (χ4n) is 1.66. The molecule has 0 bridgehead atoms. The van der Waals surface area contributed by atoms with Gasteiger partial charge in [0.2, 0.25) is 0 Å². The zero-order valence-electron chi connectivity index (χ0n) is 8.83. The highest BCUT2D eigenvalue weighted by molar-refractivity contribution is 9.10. The Hall–Kier alpha value is -1.26. The monoisotopic (exact) mass is 297 g/mol. The van der Waals surface area contributed by atoms with Crippen LogP contribution in [0.2, 0.25) is 0 Å². The van der Waals surface area contributed by atoms with Gasteiger partial charge in [0.25, 0.3) is 0 Å². The predicted molar refractivity (Wildman–Crippen MR) is 66.5 cm³/mol. The molecule has 1 unspecified atom stereocenters. The third-order valence-electron chi connectivity index (χ3n) is 2.56. The molecule has 2 rings (SSSR count). The van der Waals surface area contributed by atoms with E-state index in [1.165, 1.54) is 12.1 Å². The lowest BCUT2D eigenvalue weighted by molar-refractivity contribution is 0.593. The molecular formula is C13H10BrF2N. The van der Waals surface area contributed by atoms with Gasteiger partial charge in [0.05, 0.1) is 10.5 Å². The molecule has 0 saturated heterocycles. The third kappa shape index (κ3) is 2.37. The lowest BCUT2D eigenvalue weighted by Gasteiger charge is -2.15. The molecule has 0 aliphatic carbocycles. The van der Waals surface area contributed by atoms with Gasteiger partial charge >= 0.3 is 0 Å². The molecule has 2 aromatic rings. The number of nitrogens with two attached hydrogens (primary N) is 1. The molecule has 0 saturated carbocycles. The van der Waals surface area contributed by atoms with Crippen molar-refractivity contribution in [2.45, 2.75) is 6.04 Å². The van der Waals surface area contributed by atoms with Crippen LogP contribution in [0.4, 0.5) is 8.78 Å². The maximum atomic E-state index is 13.6. The number of hydrogen-bond acceptors (Lipinski definition) is 1. The van der Waals surface area contributed by atoms with Crippen LogP contribution in [0, 0.1) is 11.6 Å². The van der Waals surface area contributed by atoms with Crippen molar-refractivity contribution in [1.82, 2.24) is 0 Å². The van der Waals surface area contributed by atoms with Crippen LogP contribution in [0.25, 0.3) is 0 Å². The summed E-state index contributed by atoms with van der Waals surface area (Å²) in [4.78, 5) is 0. The molecular weight excluding hydrogens is 288 g/mol. The van der Waals surface area contributed by atoms with Crippen LogP contribution in [-0.4, -0.2) is 0 Å². The van der Waals surface area contributed by atoms with E-state index in [9.17, 15) is 8.78 Å².